The van der Waals surface area contributed by atoms with E-state index in [4.69, 9.17) is 9.47 Å². The van der Waals surface area contributed by atoms with Gasteiger partial charge in [-0.25, -0.2) is 0 Å². The number of rotatable bonds is 6. The van der Waals surface area contributed by atoms with Gasteiger partial charge in [0.1, 0.15) is 6.29 Å². The second-order valence-electron chi connectivity index (χ2n) is 3.61. The number of carbonyl (C=O) groups is 1. The van der Waals surface area contributed by atoms with E-state index in [0.717, 1.165) is 34.1 Å². The van der Waals surface area contributed by atoms with Crippen molar-refractivity contribution in [3.63, 3.8) is 0 Å². The third-order valence-electron chi connectivity index (χ3n) is 2.70. The van der Waals surface area contributed by atoms with Crippen LogP contribution in [0.5, 0.6) is 11.5 Å². The minimum Gasteiger partial charge on any atom is -0.493 e. The number of carbonyl (C=O) groups excluding carboxylic acids is 1. The van der Waals surface area contributed by atoms with Crippen molar-refractivity contribution in [3.8, 4) is 11.5 Å². The smallest absolute Gasteiger partial charge is 0.164 e. The van der Waals surface area contributed by atoms with Crippen molar-refractivity contribution in [2.24, 2.45) is 0 Å². The minimum atomic E-state index is 0.515. The van der Waals surface area contributed by atoms with Crippen LogP contribution in [0.4, 0.5) is 0 Å². The summed E-state index contributed by atoms with van der Waals surface area (Å²) in [5.41, 5.74) is 2.22. The molecular weight excluding hydrogens is 284 g/mol. The Balaban J connectivity index is 3.32. The molecule has 17 heavy (non-hydrogen) atoms. The lowest BCUT2D eigenvalue weighted by Gasteiger charge is -2.17. The lowest BCUT2D eigenvalue weighted by atomic mass is 9.99. The van der Waals surface area contributed by atoms with Crippen molar-refractivity contribution in [1.29, 1.82) is 0 Å². The highest BCUT2D eigenvalue weighted by atomic mass is 79.9. The van der Waals surface area contributed by atoms with Gasteiger partial charge in [-0.3, -0.25) is 0 Å². The van der Waals surface area contributed by atoms with Crippen LogP contribution in [0.15, 0.2) is 10.5 Å². The Kier molecular flexibility index (Phi) is 5.48. The highest BCUT2D eigenvalue weighted by Gasteiger charge is 2.16. The first-order valence-corrected chi connectivity index (χ1v) is 6.34. The van der Waals surface area contributed by atoms with Gasteiger partial charge in [-0.05, 0) is 24.5 Å². The molecule has 0 atom stereocenters. The van der Waals surface area contributed by atoms with E-state index in [2.05, 4.69) is 22.9 Å². The van der Waals surface area contributed by atoms with Gasteiger partial charge >= 0.3 is 0 Å². The lowest BCUT2D eigenvalue weighted by Crippen LogP contribution is -2.02. The van der Waals surface area contributed by atoms with Gasteiger partial charge in [-0.15, -0.1) is 0 Å². The first-order valence-electron chi connectivity index (χ1n) is 5.55. The van der Waals surface area contributed by atoms with Crippen molar-refractivity contribution < 1.29 is 14.3 Å². The average molecular weight is 301 g/mol. The summed E-state index contributed by atoms with van der Waals surface area (Å²) in [6, 6.07) is 1.89. The van der Waals surface area contributed by atoms with Crippen molar-refractivity contribution in [1.82, 2.24) is 0 Å². The predicted molar refractivity (Wildman–Crippen MR) is 71.0 cm³/mol. The van der Waals surface area contributed by atoms with Gasteiger partial charge in [0, 0.05) is 16.5 Å². The van der Waals surface area contributed by atoms with E-state index in [0.29, 0.717) is 18.6 Å². The van der Waals surface area contributed by atoms with Gasteiger partial charge in [-0.2, -0.15) is 0 Å². The lowest BCUT2D eigenvalue weighted by molar-refractivity contribution is -0.107. The van der Waals surface area contributed by atoms with Crippen LogP contribution in [-0.2, 0) is 17.6 Å². The second kappa shape index (κ2) is 6.64. The Morgan fingerprint density at radius 3 is 2.47 bits per heavy atom. The molecule has 0 aliphatic rings. The molecule has 0 bridgehead atoms. The molecule has 0 aromatic heterocycles. The standard InChI is InChI=1S/C13H17BrO3/c1-4-9-10(6-5-7-15)11(14)8-12(16-2)13(9)17-3/h7-8H,4-6H2,1-3H3. The molecule has 0 saturated heterocycles. The number of hydrogen-bond donors (Lipinski definition) is 0. The Morgan fingerprint density at radius 2 is 2.00 bits per heavy atom. The van der Waals surface area contributed by atoms with E-state index >= 15 is 0 Å². The van der Waals surface area contributed by atoms with Crippen LogP contribution in [0.3, 0.4) is 0 Å². The molecule has 1 aromatic rings. The maximum Gasteiger partial charge on any atom is 0.164 e. The Bertz CT molecular complexity index is 402. The van der Waals surface area contributed by atoms with Gasteiger partial charge in [0.25, 0.3) is 0 Å². The molecule has 1 aromatic carbocycles. The fourth-order valence-corrected chi connectivity index (χ4v) is 2.57. The zero-order valence-corrected chi connectivity index (χ0v) is 12.0. The summed E-state index contributed by atoms with van der Waals surface area (Å²) in [4.78, 5) is 10.5. The van der Waals surface area contributed by atoms with Crippen molar-refractivity contribution in [2.45, 2.75) is 26.2 Å². The van der Waals surface area contributed by atoms with Crippen LogP contribution in [0, 0.1) is 0 Å². The number of aldehydes is 1. The first-order chi connectivity index (χ1) is 8.19. The van der Waals surface area contributed by atoms with Crippen molar-refractivity contribution in [3.05, 3.63) is 21.7 Å². The normalized spacial score (nSPS) is 10.1. The highest BCUT2D eigenvalue weighted by molar-refractivity contribution is 9.10. The molecule has 0 unspecified atom stereocenters. The van der Waals surface area contributed by atoms with E-state index in [1.54, 1.807) is 14.2 Å². The quantitative estimate of drug-likeness (QED) is 0.757. The average Bonchev–Trinajstić information content (AvgIpc) is 2.35. The van der Waals surface area contributed by atoms with E-state index in [1.165, 1.54) is 0 Å². The van der Waals surface area contributed by atoms with Crippen LogP contribution < -0.4 is 9.47 Å². The summed E-state index contributed by atoms with van der Waals surface area (Å²) in [6.45, 7) is 2.06. The molecule has 94 valence electrons. The van der Waals surface area contributed by atoms with Crippen LogP contribution in [0.2, 0.25) is 0 Å². The monoisotopic (exact) mass is 300 g/mol. The summed E-state index contributed by atoms with van der Waals surface area (Å²) in [5, 5.41) is 0. The van der Waals surface area contributed by atoms with Crippen LogP contribution >= 0.6 is 15.9 Å². The maximum absolute atomic E-state index is 10.5. The molecule has 0 amide bonds. The molecule has 0 aliphatic heterocycles. The SMILES string of the molecule is CCc1c(CCC=O)c(Br)cc(OC)c1OC. The van der Waals surface area contributed by atoms with Gasteiger partial charge in [0.15, 0.2) is 11.5 Å². The minimum absolute atomic E-state index is 0.515. The predicted octanol–water partition coefficient (Wildman–Crippen LogP) is 3.16. The largest absolute Gasteiger partial charge is 0.493 e. The van der Waals surface area contributed by atoms with Crippen molar-refractivity contribution in [2.75, 3.05) is 14.2 Å². The summed E-state index contributed by atoms with van der Waals surface area (Å²) < 4.78 is 11.7. The zero-order valence-electron chi connectivity index (χ0n) is 10.4. The number of ether oxygens (including phenoxy) is 2. The first kappa shape index (κ1) is 14.0. The third kappa shape index (κ3) is 3.00. The molecular formula is C13H17BrO3. The van der Waals surface area contributed by atoms with Gasteiger partial charge < -0.3 is 14.3 Å². The summed E-state index contributed by atoms with van der Waals surface area (Å²) in [5.74, 6) is 1.48. The van der Waals surface area contributed by atoms with E-state index in [1.807, 2.05) is 6.07 Å². The molecule has 0 N–H and O–H groups in total. The van der Waals surface area contributed by atoms with Gasteiger partial charge in [0.2, 0.25) is 0 Å². The van der Waals surface area contributed by atoms with Crippen molar-refractivity contribution >= 4 is 22.2 Å². The number of benzene rings is 1. The topological polar surface area (TPSA) is 35.5 Å². The molecule has 0 radical (unpaired) electrons. The summed E-state index contributed by atoms with van der Waals surface area (Å²) >= 11 is 3.52. The van der Waals surface area contributed by atoms with Crippen LogP contribution in [0.1, 0.15) is 24.5 Å². The van der Waals surface area contributed by atoms with Crippen LogP contribution in [0.25, 0.3) is 0 Å². The maximum atomic E-state index is 10.5. The second-order valence-corrected chi connectivity index (χ2v) is 4.46. The van der Waals surface area contributed by atoms with Crippen LogP contribution in [-0.4, -0.2) is 20.5 Å². The molecule has 1 rings (SSSR count). The third-order valence-corrected chi connectivity index (χ3v) is 3.41. The molecule has 0 aliphatic carbocycles. The fraction of sp³-hybridized carbons (Fsp3) is 0.462. The molecule has 4 heteroatoms. The molecule has 0 fully saturated rings. The van der Waals surface area contributed by atoms with E-state index < -0.39 is 0 Å². The molecule has 3 nitrogen and oxygen atoms in total. The molecule has 0 heterocycles. The fourth-order valence-electron chi connectivity index (χ4n) is 1.92. The number of methoxy groups -OCH3 is 2. The summed E-state index contributed by atoms with van der Waals surface area (Å²) in [7, 11) is 3.25. The van der Waals surface area contributed by atoms with E-state index in [9.17, 15) is 4.79 Å². The zero-order chi connectivity index (χ0) is 12.8. The number of hydrogen-bond acceptors (Lipinski definition) is 3. The Labute approximate surface area is 110 Å². The Morgan fingerprint density at radius 1 is 1.29 bits per heavy atom. The summed E-state index contributed by atoms with van der Waals surface area (Å²) in [6.07, 6.45) is 3.00. The Hall–Kier alpha value is -1.03. The molecule has 0 saturated carbocycles. The molecule has 0 spiro atoms. The van der Waals surface area contributed by atoms with E-state index in [-0.39, 0.29) is 0 Å². The van der Waals surface area contributed by atoms with Gasteiger partial charge in [0.05, 0.1) is 14.2 Å². The van der Waals surface area contributed by atoms with Gasteiger partial charge in [-0.1, -0.05) is 22.9 Å². The highest BCUT2D eigenvalue weighted by Crippen LogP contribution is 2.39. The number of halogens is 1.